The second kappa shape index (κ2) is 6.85. The molecule has 0 spiro atoms. The Bertz CT molecular complexity index is 197. The molecule has 0 aliphatic rings. The summed E-state index contributed by atoms with van der Waals surface area (Å²) < 4.78 is 5.89. The van der Waals surface area contributed by atoms with Gasteiger partial charge in [0.1, 0.15) is 0 Å². The van der Waals surface area contributed by atoms with Crippen LogP contribution in [0.15, 0.2) is 12.2 Å². The van der Waals surface area contributed by atoms with Gasteiger partial charge in [0.25, 0.3) is 0 Å². The van der Waals surface area contributed by atoms with Gasteiger partial charge in [-0.2, -0.15) is 0 Å². The maximum atomic E-state index is 11.1. The summed E-state index contributed by atoms with van der Waals surface area (Å²) in [7, 11) is 6.03. The number of carbonyl (C=O) groups is 1. The fraction of sp³-hybridized carbons (Fsp3) is 0.700. The molecule has 1 unspecified atom stereocenters. The summed E-state index contributed by atoms with van der Waals surface area (Å²) >= 11 is 0. The average Bonchev–Trinajstić information content (AvgIpc) is 1.98. The van der Waals surface area contributed by atoms with Crippen molar-refractivity contribution in [3.63, 3.8) is 0 Å². The van der Waals surface area contributed by atoms with E-state index in [0.29, 0.717) is 4.48 Å². The number of carbonyl (C=O) groups excluding carboxylic acids is 1. The molecule has 0 N–H and O–H groups in total. The van der Waals surface area contributed by atoms with E-state index in [9.17, 15) is 4.79 Å². The van der Waals surface area contributed by atoms with Crippen LogP contribution in [0, 0.1) is 0 Å². The average molecular weight is 222 g/mol. The Morgan fingerprint density at radius 2 is 1.93 bits per heavy atom. The summed E-state index contributed by atoms with van der Waals surface area (Å²) in [6.07, 6.45) is 3.89. The molecule has 0 aromatic carbocycles. The van der Waals surface area contributed by atoms with Gasteiger partial charge in [0, 0.05) is 12.5 Å². The lowest BCUT2D eigenvalue weighted by molar-refractivity contribution is -0.916. The van der Waals surface area contributed by atoms with E-state index in [1.165, 1.54) is 6.08 Å². The number of esters is 1. The SMILES string of the molecule is C/C=C/C(=O)OC(CC)[N+](C)(C)C.[Cl-]. The second-order valence-electron chi connectivity index (χ2n) is 3.92. The summed E-state index contributed by atoms with van der Waals surface area (Å²) in [5.74, 6) is -0.262. The Balaban J connectivity index is 0. The minimum Gasteiger partial charge on any atom is -1.00 e. The van der Waals surface area contributed by atoms with Crippen LogP contribution in [-0.4, -0.2) is 37.8 Å². The molecule has 3 nitrogen and oxygen atoms in total. The molecule has 1 atom stereocenters. The van der Waals surface area contributed by atoms with Crippen LogP contribution in [0.5, 0.6) is 0 Å². The first-order valence-corrected chi connectivity index (χ1v) is 4.56. The highest BCUT2D eigenvalue weighted by Gasteiger charge is 2.24. The Hall–Kier alpha value is -0.540. The maximum absolute atomic E-state index is 11.1. The highest BCUT2D eigenvalue weighted by Crippen LogP contribution is 2.09. The minimum absolute atomic E-state index is 0. The molecule has 0 radical (unpaired) electrons. The van der Waals surface area contributed by atoms with Crippen LogP contribution in [0.25, 0.3) is 0 Å². The predicted octanol–water partition coefficient (Wildman–Crippen LogP) is -1.45. The zero-order chi connectivity index (χ0) is 10.5. The van der Waals surface area contributed by atoms with Crippen molar-refractivity contribution in [3.8, 4) is 0 Å². The number of rotatable bonds is 4. The van der Waals surface area contributed by atoms with Crippen molar-refractivity contribution in [3.05, 3.63) is 12.2 Å². The standard InChI is InChI=1S/C10H20NO2.ClH/c1-6-8-10(12)13-9(7-2)11(3,4)5;/h6,8-9H,7H2,1-5H3;1H/q+1;/p-1/b8-6+;. The number of allylic oxidation sites excluding steroid dienone is 1. The lowest BCUT2D eigenvalue weighted by Crippen LogP contribution is -3.00. The molecule has 4 heteroatoms. The molecule has 0 aliphatic heterocycles. The van der Waals surface area contributed by atoms with Gasteiger partial charge >= 0.3 is 5.97 Å². The Labute approximate surface area is 92.7 Å². The number of halogens is 1. The second-order valence-corrected chi connectivity index (χ2v) is 3.92. The first kappa shape index (κ1) is 15.9. The van der Waals surface area contributed by atoms with Gasteiger partial charge in [0.05, 0.1) is 21.1 Å². The van der Waals surface area contributed by atoms with Gasteiger partial charge in [0.15, 0.2) is 0 Å². The normalized spacial score (nSPS) is 13.5. The van der Waals surface area contributed by atoms with E-state index in [4.69, 9.17) is 4.74 Å². The monoisotopic (exact) mass is 221 g/mol. The largest absolute Gasteiger partial charge is 1.00 e. The fourth-order valence-electron chi connectivity index (χ4n) is 1.10. The van der Waals surface area contributed by atoms with Crippen molar-refractivity contribution in [1.82, 2.24) is 0 Å². The van der Waals surface area contributed by atoms with Gasteiger partial charge in [0.2, 0.25) is 6.23 Å². The highest BCUT2D eigenvalue weighted by molar-refractivity contribution is 5.81. The summed E-state index contributed by atoms with van der Waals surface area (Å²) in [6, 6.07) is 0. The number of nitrogens with zero attached hydrogens (tertiary/aromatic N) is 1. The van der Waals surface area contributed by atoms with Crippen LogP contribution < -0.4 is 12.4 Å². The zero-order valence-corrected chi connectivity index (χ0v) is 10.3. The summed E-state index contributed by atoms with van der Waals surface area (Å²) in [5, 5.41) is 0. The zero-order valence-electron chi connectivity index (χ0n) is 9.58. The Morgan fingerprint density at radius 3 is 2.21 bits per heavy atom. The van der Waals surface area contributed by atoms with Gasteiger partial charge in [-0.25, -0.2) is 4.79 Å². The van der Waals surface area contributed by atoms with Gasteiger partial charge in [-0.15, -0.1) is 0 Å². The van der Waals surface area contributed by atoms with Crippen LogP contribution >= 0.6 is 0 Å². The van der Waals surface area contributed by atoms with Crippen molar-refractivity contribution in [2.45, 2.75) is 26.5 Å². The van der Waals surface area contributed by atoms with Crippen molar-refractivity contribution in [2.24, 2.45) is 0 Å². The molecular weight excluding hydrogens is 202 g/mol. The van der Waals surface area contributed by atoms with Gasteiger partial charge in [-0.05, 0) is 6.92 Å². The topological polar surface area (TPSA) is 26.3 Å². The smallest absolute Gasteiger partial charge is 0.334 e. The lowest BCUT2D eigenvalue weighted by atomic mass is 10.3. The molecule has 0 aromatic rings. The van der Waals surface area contributed by atoms with Gasteiger partial charge in [-0.3, -0.25) is 4.48 Å². The van der Waals surface area contributed by atoms with E-state index in [-0.39, 0.29) is 24.6 Å². The molecule has 0 aromatic heterocycles. The minimum atomic E-state index is -0.262. The Morgan fingerprint density at radius 1 is 1.43 bits per heavy atom. The first-order valence-electron chi connectivity index (χ1n) is 4.56. The molecule has 0 saturated carbocycles. The van der Waals surface area contributed by atoms with E-state index < -0.39 is 0 Å². The van der Waals surface area contributed by atoms with Crippen LogP contribution in [0.2, 0.25) is 0 Å². The lowest BCUT2D eigenvalue weighted by Gasteiger charge is -2.32. The summed E-state index contributed by atoms with van der Waals surface area (Å²) in [5.41, 5.74) is 0. The molecule has 0 aliphatic carbocycles. The van der Waals surface area contributed by atoms with Crippen molar-refractivity contribution in [1.29, 1.82) is 0 Å². The quantitative estimate of drug-likeness (QED) is 0.251. The van der Waals surface area contributed by atoms with Crippen LogP contribution in [0.1, 0.15) is 20.3 Å². The van der Waals surface area contributed by atoms with Crippen LogP contribution in [-0.2, 0) is 9.53 Å². The van der Waals surface area contributed by atoms with Crippen molar-refractivity contribution in [2.75, 3.05) is 21.1 Å². The van der Waals surface area contributed by atoms with E-state index in [0.717, 1.165) is 6.42 Å². The molecule has 0 fully saturated rings. The van der Waals surface area contributed by atoms with Crippen molar-refractivity contribution >= 4 is 5.97 Å². The number of quaternary nitrogens is 1. The van der Waals surface area contributed by atoms with Gasteiger partial charge in [-0.1, -0.05) is 13.0 Å². The molecule has 14 heavy (non-hydrogen) atoms. The van der Waals surface area contributed by atoms with Gasteiger partial charge < -0.3 is 17.1 Å². The molecule has 0 bridgehead atoms. The highest BCUT2D eigenvalue weighted by atomic mass is 35.5. The van der Waals surface area contributed by atoms with E-state index in [1.807, 2.05) is 28.1 Å². The molecule has 0 amide bonds. The van der Waals surface area contributed by atoms with E-state index >= 15 is 0 Å². The predicted molar refractivity (Wildman–Crippen MR) is 53.0 cm³/mol. The van der Waals surface area contributed by atoms with Crippen molar-refractivity contribution < 1.29 is 26.4 Å². The number of hydrogen-bond acceptors (Lipinski definition) is 2. The van der Waals surface area contributed by atoms with Crippen LogP contribution in [0.4, 0.5) is 0 Å². The molecular formula is C10H20ClNO2. The third kappa shape index (κ3) is 6.00. The summed E-state index contributed by atoms with van der Waals surface area (Å²) in [6.45, 7) is 3.81. The first-order chi connectivity index (χ1) is 5.91. The molecule has 84 valence electrons. The third-order valence-electron chi connectivity index (χ3n) is 1.77. The Kier molecular flexibility index (Phi) is 7.78. The summed E-state index contributed by atoms with van der Waals surface area (Å²) in [4.78, 5) is 11.1. The van der Waals surface area contributed by atoms with E-state index in [1.54, 1.807) is 13.0 Å². The molecule has 0 saturated heterocycles. The maximum Gasteiger partial charge on any atom is 0.334 e. The third-order valence-corrected chi connectivity index (χ3v) is 1.77. The molecule has 0 rings (SSSR count). The van der Waals surface area contributed by atoms with E-state index in [2.05, 4.69) is 0 Å². The number of hydrogen-bond donors (Lipinski definition) is 0. The molecule has 0 heterocycles. The van der Waals surface area contributed by atoms with Crippen LogP contribution in [0.3, 0.4) is 0 Å². The fourth-order valence-corrected chi connectivity index (χ4v) is 1.10. The number of ether oxygens (including phenoxy) is 1.